The van der Waals surface area contributed by atoms with Crippen LogP contribution in [0.5, 0.6) is 0 Å². The molecule has 1 aromatic carbocycles. The zero-order valence-corrected chi connectivity index (χ0v) is 11.6. The van der Waals surface area contributed by atoms with E-state index >= 15 is 0 Å². The molecule has 0 aliphatic heterocycles. The minimum Gasteiger partial charge on any atom is -0.330 e. The van der Waals surface area contributed by atoms with E-state index in [9.17, 15) is 4.79 Å². The van der Waals surface area contributed by atoms with Crippen LogP contribution < -0.4 is 10.6 Å². The smallest absolute Gasteiger partial charge is 0.248 e. The van der Waals surface area contributed by atoms with Crippen molar-refractivity contribution >= 4 is 11.6 Å². The molecule has 0 bridgehead atoms. The third kappa shape index (κ3) is 3.64. The lowest BCUT2D eigenvalue weighted by Gasteiger charge is -2.16. The van der Waals surface area contributed by atoms with Gasteiger partial charge in [0.25, 0.3) is 0 Å². The molecule has 2 aromatic rings. The molecule has 20 heavy (non-hydrogen) atoms. The fourth-order valence-corrected chi connectivity index (χ4v) is 1.85. The molecule has 6 nitrogen and oxygen atoms in total. The number of amides is 1. The SMILES string of the molecule is CN(C(=O)Cn1cc(CCCN)nn1)c1ccccc1. The number of para-hydroxylation sites is 1. The van der Waals surface area contributed by atoms with Crippen LogP contribution in [0.4, 0.5) is 5.69 Å². The third-order valence-electron chi connectivity index (χ3n) is 3.04. The second-order valence-electron chi connectivity index (χ2n) is 4.59. The molecule has 0 atom stereocenters. The summed E-state index contributed by atoms with van der Waals surface area (Å²) in [4.78, 5) is 13.8. The number of hydrogen-bond donors (Lipinski definition) is 1. The van der Waals surface area contributed by atoms with Crippen molar-refractivity contribution in [2.75, 3.05) is 18.5 Å². The van der Waals surface area contributed by atoms with E-state index in [4.69, 9.17) is 5.73 Å². The van der Waals surface area contributed by atoms with E-state index in [-0.39, 0.29) is 12.5 Å². The maximum absolute atomic E-state index is 12.2. The Kier molecular flexibility index (Phi) is 4.84. The average molecular weight is 273 g/mol. The summed E-state index contributed by atoms with van der Waals surface area (Å²) in [6.07, 6.45) is 3.46. The van der Waals surface area contributed by atoms with Crippen LogP contribution in [0.15, 0.2) is 36.5 Å². The van der Waals surface area contributed by atoms with Crippen LogP contribution in [-0.2, 0) is 17.8 Å². The van der Waals surface area contributed by atoms with E-state index in [0.29, 0.717) is 6.54 Å². The summed E-state index contributed by atoms with van der Waals surface area (Å²) in [6.45, 7) is 0.809. The topological polar surface area (TPSA) is 77.0 Å². The molecule has 2 N–H and O–H groups in total. The number of aromatic nitrogens is 3. The number of carbonyl (C=O) groups excluding carboxylic acids is 1. The Labute approximate surface area is 118 Å². The molecular weight excluding hydrogens is 254 g/mol. The van der Waals surface area contributed by atoms with E-state index in [1.807, 2.05) is 30.3 Å². The van der Waals surface area contributed by atoms with Gasteiger partial charge in [-0.1, -0.05) is 23.4 Å². The van der Waals surface area contributed by atoms with Gasteiger partial charge in [-0.05, 0) is 31.5 Å². The lowest BCUT2D eigenvalue weighted by Crippen LogP contribution is -2.30. The Balaban J connectivity index is 1.95. The number of hydrogen-bond acceptors (Lipinski definition) is 4. The number of nitrogens with zero attached hydrogens (tertiary/aromatic N) is 4. The zero-order valence-electron chi connectivity index (χ0n) is 11.6. The van der Waals surface area contributed by atoms with Crippen molar-refractivity contribution in [3.8, 4) is 0 Å². The highest BCUT2D eigenvalue weighted by Gasteiger charge is 2.12. The van der Waals surface area contributed by atoms with Gasteiger partial charge >= 0.3 is 0 Å². The molecule has 1 amide bonds. The van der Waals surface area contributed by atoms with Crippen molar-refractivity contribution in [3.05, 3.63) is 42.2 Å². The summed E-state index contributed by atoms with van der Waals surface area (Å²) < 4.78 is 1.56. The first kappa shape index (κ1) is 14.2. The molecule has 0 aliphatic carbocycles. The van der Waals surface area contributed by atoms with Gasteiger partial charge in [0.2, 0.25) is 5.91 Å². The highest BCUT2D eigenvalue weighted by Crippen LogP contribution is 2.11. The van der Waals surface area contributed by atoms with Crippen molar-refractivity contribution in [1.82, 2.24) is 15.0 Å². The van der Waals surface area contributed by atoms with E-state index < -0.39 is 0 Å². The molecule has 106 valence electrons. The summed E-state index contributed by atoms with van der Waals surface area (Å²) in [5.41, 5.74) is 7.18. The van der Waals surface area contributed by atoms with Gasteiger partial charge in [-0.25, -0.2) is 4.68 Å². The molecule has 0 saturated heterocycles. The number of likely N-dealkylation sites (N-methyl/N-ethyl adjacent to an activating group) is 1. The van der Waals surface area contributed by atoms with E-state index in [0.717, 1.165) is 24.2 Å². The molecule has 0 unspecified atom stereocenters. The average Bonchev–Trinajstić information content (AvgIpc) is 2.92. The van der Waals surface area contributed by atoms with Gasteiger partial charge in [-0.2, -0.15) is 0 Å². The molecule has 0 spiro atoms. The van der Waals surface area contributed by atoms with E-state index in [1.165, 1.54) is 0 Å². The normalized spacial score (nSPS) is 10.5. The minimum absolute atomic E-state index is 0.0357. The molecule has 1 aromatic heterocycles. The molecular formula is C14H19N5O. The minimum atomic E-state index is -0.0357. The Bertz CT molecular complexity index is 552. The lowest BCUT2D eigenvalue weighted by atomic mass is 10.2. The highest BCUT2D eigenvalue weighted by atomic mass is 16.2. The maximum atomic E-state index is 12.2. The number of benzene rings is 1. The number of aryl methyl sites for hydroxylation is 1. The predicted octanol–water partition coefficient (Wildman–Crippen LogP) is 0.832. The first-order valence-electron chi connectivity index (χ1n) is 6.61. The number of rotatable bonds is 6. The Morgan fingerprint density at radius 1 is 1.35 bits per heavy atom. The van der Waals surface area contributed by atoms with Gasteiger partial charge in [-0.15, -0.1) is 5.10 Å². The monoisotopic (exact) mass is 273 g/mol. The van der Waals surface area contributed by atoms with Crippen molar-refractivity contribution in [2.45, 2.75) is 19.4 Å². The summed E-state index contributed by atoms with van der Waals surface area (Å²) in [7, 11) is 1.75. The Morgan fingerprint density at radius 3 is 2.80 bits per heavy atom. The standard InChI is InChI=1S/C14H19N5O/c1-18(13-7-3-2-4-8-13)14(20)11-19-10-12(16-17-19)6-5-9-15/h2-4,7-8,10H,5-6,9,11,15H2,1H3. The van der Waals surface area contributed by atoms with Crippen molar-refractivity contribution in [2.24, 2.45) is 5.73 Å². The van der Waals surface area contributed by atoms with Crippen molar-refractivity contribution in [3.63, 3.8) is 0 Å². The second kappa shape index (κ2) is 6.81. The molecule has 0 saturated carbocycles. The van der Waals surface area contributed by atoms with Gasteiger partial charge in [0.05, 0.1) is 5.69 Å². The second-order valence-corrected chi connectivity index (χ2v) is 4.59. The van der Waals surface area contributed by atoms with Crippen LogP contribution >= 0.6 is 0 Å². The van der Waals surface area contributed by atoms with Crippen molar-refractivity contribution in [1.29, 1.82) is 0 Å². The molecule has 2 rings (SSSR count). The number of carbonyl (C=O) groups is 1. The lowest BCUT2D eigenvalue weighted by molar-refractivity contribution is -0.119. The molecule has 0 aliphatic rings. The van der Waals surface area contributed by atoms with Gasteiger partial charge in [0, 0.05) is 18.9 Å². The Hall–Kier alpha value is -2.21. The summed E-state index contributed by atoms with van der Waals surface area (Å²) in [6, 6.07) is 9.51. The van der Waals surface area contributed by atoms with E-state index in [1.54, 1.807) is 22.8 Å². The molecule has 6 heteroatoms. The van der Waals surface area contributed by atoms with E-state index in [2.05, 4.69) is 10.3 Å². The van der Waals surface area contributed by atoms with Gasteiger partial charge < -0.3 is 10.6 Å². The van der Waals surface area contributed by atoms with Crippen LogP contribution in [-0.4, -0.2) is 34.5 Å². The Morgan fingerprint density at radius 2 is 2.10 bits per heavy atom. The van der Waals surface area contributed by atoms with Crippen LogP contribution in [0, 0.1) is 0 Å². The largest absolute Gasteiger partial charge is 0.330 e. The highest BCUT2D eigenvalue weighted by molar-refractivity contribution is 5.92. The van der Waals surface area contributed by atoms with Crippen LogP contribution in [0.2, 0.25) is 0 Å². The quantitative estimate of drug-likeness (QED) is 0.845. The first-order valence-corrected chi connectivity index (χ1v) is 6.61. The van der Waals surface area contributed by atoms with Crippen LogP contribution in [0.1, 0.15) is 12.1 Å². The summed E-state index contributed by atoms with van der Waals surface area (Å²) >= 11 is 0. The van der Waals surface area contributed by atoms with Crippen LogP contribution in [0.25, 0.3) is 0 Å². The molecule has 0 fully saturated rings. The maximum Gasteiger partial charge on any atom is 0.248 e. The summed E-state index contributed by atoms with van der Waals surface area (Å²) in [5, 5.41) is 7.99. The van der Waals surface area contributed by atoms with Gasteiger partial charge in [-0.3, -0.25) is 4.79 Å². The van der Waals surface area contributed by atoms with Gasteiger partial charge in [0.15, 0.2) is 0 Å². The number of nitrogens with two attached hydrogens (primary N) is 1. The zero-order chi connectivity index (χ0) is 14.4. The fraction of sp³-hybridized carbons (Fsp3) is 0.357. The molecule has 1 heterocycles. The third-order valence-corrected chi connectivity index (χ3v) is 3.04. The molecule has 0 radical (unpaired) electrons. The van der Waals surface area contributed by atoms with Crippen molar-refractivity contribution < 1.29 is 4.79 Å². The first-order chi connectivity index (χ1) is 9.70. The predicted molar refractivity (Wildman–Crippen MR) is 77.2 cm³/mol. The fourth-order valence-electron chi connectivity index (χ4n) is 1.85. The number of anilines is 1. The summed E-state index contributed by atoms with van der Waals surface area (Å²) in [5.74, 6) is -0.0357. The van der Waals surface area contributed by atoms with Gasteiger partial charge in [0.1, 0.15) is 6.54 Å². The van der Waals surface area contributed by atoms with Crippen LogP contribution in [0.3, 0.4) is 0 Å².